The molecular weight excluding hydrogens is 242 g/mol. The standard InChI is InChI=1S/C14H27N3O2/c1-16(2)9-11-5-7-17(8-6-11)10-13(14(18)19)15-12-3-4-12/h11-13,15H,3-10H2,1-2H3,(H,18,19). The van der Waals surface area contributed by atoms with E-state index in [-0.39, 0.29) is 0 Å². The maximum absolute atomic E-state index is 11.3. The molecule has 0 bridgehead atoms. The van der Waals surface area contributed by atoms with Crippen LogP contribution >= 0.6 is 0 Å². The van der Waals surface area contributed by atoms with E-state index in [9.17, 15) is 9.90 Å². The number of nitrogens with one attached hydrogen (secondary N) is 1. The Kier molecular flexibility index (Phi) is 5.19. The van der Waals surface area contributed by atoms with Crippen LogP contribution in [0.4, 0.5) is 0 Å². The van der Waals surface area contributed by atoms with E-state index >= 15 is 0 Å². The summed E-state index contributed by atoms with van der Waals surface area (Å²) in [6.07, 6.45) is 4.64. The smallest absolute Gasteiger partial charge is 0.322 e. The molecule has 5 heteroatoms. The number of likely N-dealkylation sites (tertiary alicyclic amines) is 1. The zero-order chi connectivity index (χ0) is 13.8. The molecule has 0 amide bonds. The maximum atomic E-state index is 11.3. The number of hydrogen-bond acceptors (Lipinski definition) is 4. The minimum absolute atomic E-state index is 0.391. The van der Waals surface area contributed by atoms with E-state index in [1.54, 1.807) is 0 Å². The first-order valence-electron chi connectivity index (χ1n) is 7.40. The number of carbonyl (C=O) groups is 1. The lowest BCUT2D eigenvalue weighted by Crippen LogP contribution is -2.49. The Morgan fingerprint density at radius 2 is 1.95 bits per heavy atom. The predicted molar refractivity (Wildman–Crippen MR) is 75.3 cm³/mol. The van der Waals surface area contributed by atoms with Gasteiger partial charge in [-0.25, -0.2) is 0 Å². The SMILES string of the molecule is CN(C)CC1CCN(CC(NC2CC2)C(=O)O)CC1. The molecule has 1 unspecified atom stereocenters. The van der Waals surface area contributed by atoms with Crippen LogP contribution in [-0.4, -0.2) is 73.2 Å². The summed E-state index contributed by atoms with van der Waals surface area (Å²) in [6, 6.07) is 0.0604. The van der Waals surface area contributed by atoms with Crippen LogP contribution in [-0.2, 0) is 4.79 Å². The van der Waals surface area contributed by atoms with Gasteiger partial charge in [-0.2, -0.15) is 0 Å². The van der Waals surface area contributed by atoms with Crippen molar-refractivity contribution in [2.45, 2.75) is 37.8 Å². The van der Waals surface area contributed by atoms with E-state index in [0.29, 0.717) is 12.6 Å². The second-order valence-electron chi connectivity index (χ2n) is 6.34. The number of hydrogen-bond donors (Lipinski definition) is 2. The molecule has 1 saturated carbocycles. The first-order valence-corrected chi connectivity index (χ1v) is 7.40. The van der Waals surface area contributed by atoms with Crippen molar-refractivity contribution in [3.8, 4) is 0 Å². The van der Waals surface area contributed by atoms with Crippen molar-refractivity contribution in [3.05, 3.63) is 0 Å². The van der Waals surface area contributed by atoms with E-state index in [0.717, 1.165) is 38.4 Å². The molecule has 2 fully saturated rings. The molecule has 0 spiro atoms. The van der Waals surface area contributed by atoms with Crippen molar-refractivity contribution in [2.75, 3.05) is 40.3 Å². The molecule has 19 heavy (non-hydrogen) atoms. The highest BCUT2D eigenvalue weighted by Gasteiger charge is 2.30. The highest BCUT2D eigenvalue weighted by Crippen LogP contribution is 2.21. The average Bonchev–Trinajstić information content (AvgIpc) is 3.14. The van der Waals surface area contributed by atoms with Gasteiger partial charge in [-0.3, -0.25) is 4.79 Å². The number of carboxylic acid groups (broad SMARTS) is 1. The normalized spacial score (nSPS) is 23.7. The molecule has 0 aromatic rings. The van der Waals surface area contributed by atoms with Crippen molar-refractivity contribution < 1.29 is 9.90 Å². The largest absolute Gasteiger partial charge is 0.480 e. The number of nitrogens with zero attached hydrogens (tertiary/aromatic N) is 2. The van der Waals surface area contributed by atoms with Crippen LogP contribution in [0, 0.1) is 5.92 Å². The van der Waals surface area contributed by atoms with Gasteiger partial charge in [0.15, 0.2) is 0 Å². The van der Waals surface area contributed by atoms with Crippen LogP contribution in [0.25, 0.3) is 0 Å². The summed E-state index contributed by atoms with van der Waals surface area (Å²) in [4.78, 5) is 15.8. The Morgan fingerprint density at radius 1 is 1.32 bits per heavy atom. The average molecular weight is 269 g/mol. The van der Waals surface area contributed by atoms with Crippen molar-refractivity contribution in [1.29, 1.82) is 0 Å². The van der Waals surface area contributed by atoms with Gasteiger partial charge in [0.1, 0.15) is 6.04 Å². The molecule has 1 atom stereocenters. The monoisotopic (exact) mass is 269 g/mol. The first kappa shape index (κ1) is 14.8. The van der Waals surface area contributed by atoms with Crippen molar-refractivity contribution in [3.63, 3.8) is 0 Å². The molecule has 2 N–H and O–H groups in total. The molecule has 5 nitrogen and oxygen atoms in total. The summed E-state index contributed by atoms with van der Waals surface area (Å²) in [6.45, 7) is 3.88. The highest BCUT2D eigenvalue weighted by molar-refractivity contribution is 5.73. The van der Waals surface area contributed by atoms with E-state index in [2.05, 4.69) is 29.2 Å². The molecule has 1 aliphatic carbocycles. The van der Waals surface area contributed by atoms with Gasteiger partial charge < -0.3 is 20.2 Å². The molecule has 2 aliphatic rings. The van der Waals surface area contributed by atoms with Crippen LogP contribution in [0.3, 0.4) is 0 Å². The minimum Gasteiger partial charge on any atom is -0.480 e. The third-order valence-electron chi connectivity index (χ3n) is 4.08. The molecule has 1 aliphatic heterocycles. The zero-order valence-electron chi connectivity index (χ0n) is 12.1. The zero-order valence-corrected chi connectivity index (χ0v) is 12.1. The molecule has 110 valence electrons. The summed E-state index contributed by atoms with van der Waals surface area (Å²) in [5.74, 6) is 0.0632. The van der Waals surface area contributed by atoms with Crippen LogP contribution in [0.1, 0.15) is 25.7 Å². The molecule has 0 radical (unpaired) electrons. The Hall–Kier alpha value is -0.650. The van der Waals surface area contributed by atoms with Crippen LogP contribution in [0.2, 0.25) is 0 Å². The number of carboxylic acids is 1. The summed E-state index contributed by atoms with van der Waals surface area (Å²) >= 11 is 0. The quantitative estimate of drug-likeness (QED) is 0.703. The summed E-state index contributed by atoms with van der Waals surface area (Å²) in [5.41, 5.74) is 0. The molecule has 1 heterocycles. The molecule has 0 aromatic heterocycles. The van der Waals surface area contributed by atoms with Crippen molar-refractivity contribution in [1.82, 2.24) is 15.1 Å². The summed E-state index contributed by atoms with van der Waals surface area (Å²) in [7, 11) is 4.23. The number of aliphatic carboxylic acids is 1. The number of rotatable bonds is 7. The molecule has 0 aromatic carbocycles. The Labute approximate surface area is 115 Å². The second kappa shape index (κ2) is 6.68. The second-order valence-corrected chi connectivity index (χ2v) is 6.34. The van der Waals surface area contributed by atoms with E-state index < -0.39 is 12.0 Å². The van der Waals surface area contributed by atoms with Gasteiger partial charge in [0.05, 0.1) is 0 Å². The molecule has 2 rings (SSSR count). The fourth-order valence-corrected chi connectivity index (χ4v) is 2.86. The predicted octanol–water partition coefficient (Wildman–Crippen LogP) is 0.465. The third kappa shape index (κ3) is 5.09. The lowest BCUT2D eigenvalue weighted by Gasteiger charge is -2.34. The van der Waals surface area contributed by atoms with Crippen LogP contribution < -0.4 is 5.32 Å². The summed E-state index contributed by atoms with van der Waals surface area (Å²) < 4.78 is 0. The fourth-order valence-electron chi connectivity index (χ4n) is 2.86. The van der Waals surface area contributed by atoms with Gasteiger partial charge in [-0.05, 0) is 58.8 Å². The van der Waals surface area contributed by atoms with E-state index in [4.69, 9.17) is 0 Å². The van der Waals surface area contributed by atoms with Gasteiger partial charge in [-0.1, -0.05) is 0 Å². The summed E-state index contributed by atoms with van der Waals surface area (Å²) in [5, 5.41) is 12.5. The highest BCUT2D eigenvalue weighted by atomic mass is 16.4. The van der Waals surface area contributed by atoms with Gasteiger partial charge in [-0.15, -0.1) is 0 Å². The van der Waals surface area contributed by atoms with Gasteiger partial charge in [0, 0.05) is 19.1 Å². The van der Waals surface area contributed by atoms with Gasteiger partial charge >= 0.3 is 5.97 Å². The van der Waals surface area contributed by atoms with Crippen LogP contribution in [0.5, 0.6) is 0 Å². The maximum Gasteiger partial charge on any atom is 0.322 e. The lowest BCUT2D eigenvalue weighted by atomic mass is 9.96. The third-order valence-corrected chi connectivity index (χ3v) is 4.08. The molecular formula is C14H27N3O2. The van der Waals surface area contributed by atoms with Crippen molar-refractivity contribution in [2.24, 2.45) is 5.92 Å². The Morgan fingerprint density at radius 3 is 2.42 bits per heavy atom. The number of piperidine rings is 1. The van der Waals surface area contributed by atoms with Gasteiger partial charge in [0.2, 0.25) is 0 Å². The van der Waals surface area contributed by atoms with Crippen LogP contribution in [0.15, 0.2) is 0 Å². The van der Waals surface area contributed by atoms with E-state index in [1.165, 1.54) is 12.8 Å². The minimum atomic E-state index is -0.706. The fraction of sp³-hybridized carbons (Fsp3) is 0.929. The topological polar surface area (TPSA) is 55.8 Å². The van der Waals surface area contributed by atoms with E-state index in [1.807, 2.05) is 0 Å². The Balaban J connectivity index is 1.72. The Bertz CT molecular complexity index is 297. The first-order chi connectivity index (χ1) is 9.04. The lowest BCUT2D eigenvalue weighted by molar-refractivity contribution is -0.140. The van der Waals surface area contributed by atoms with Crippen molar-refractivity contribution >= 4 is 5.97 Å². The molecule has 1 saturated heterocycles. The van der Waals surface area contributed by atoms with Gasteiger partial charge in [0.25, 0.3) is 0 Å².